The number of nitrogens with zero attached hydrogens (tertiary/aromatic N) is 1. The third kappa shape index (κ3) is 3.82. The molecular formula is C13H20FN3O4S2. The molecule has 1 saturated heterocycles. The number of hydrogen-bond acceptors (Lipinski definition) is 5. The van der Waals surface area contributed by atoms with Crippen LogP contribution in [0.25, 0.3) is 0 Å². The van der Waals surface area contributed by atoms with Crippen molar-refractivity contribution in [2.45, 2.75) is 36.5 Å². The van der Waals surface area contributed by atoms with E-state index < -0.39 is 31.1 Å². The molecule has 10 heteroatoms. The van der Waals surface area contributed by atoms with Crippen LogP contribution in [0.5, 0.6) is 0 Å². The monoisotopic (exact) mass is 365 g/mol. The molecule has 0 aliphatic carbocycles. The molecule has 0 radical (unpaired) electrons. The summed E-state index contributed by atoms with van der Waals surface area (Å²) in [4.78, 5) is -0.225. The van der Waals surface area contributed by atoms with Crippen molar-refractivity contribution in [3.63, 3.8) is 0 Å². The molecule has 0 spiro atoms. The van der Waals surface area contributed by atoms with Crippen molar-refractivity contribution < 1.29 is 21.2 Å². The Bertz CT molecular complexity index is 793. The van der Waals surface area contributed by atoms with Crippen LogP contribution < -0.4 is 10.5 Å². The van der Waals surface area contributed by atoms with Crippen LogP contribution in [0.2, 0.25) is 0 Å². The van der Waals surface area contributed by atoms with Crippen molar-refractivity contribution >= 4 is 25.7 Å². The topological polar surface area (TPSA) is 110 Å². The van der Waals surface area contributed by atoms with Crippen LogP contribution in [0.4, 0.5) is 10.1 Å². The van der Waals surface area contributed by atoms with Gasteiger partial charge in [-0.3, -0.25) is 4.72 Å². The van der Waals surface area contributed by atoms with E-state index in [1.807, 2.05) is 0 Å². The fourth-order valence-electron chi connectivity index (χ4n) is 2.13. The van der Waals surface area contributed by atoms with E-state index in [1.165, 1.54) is 24.2 Å². The van der Waals surface area contributed by atoms with Crippen molar-refractivity contribution in [2.24, 2.45) is 5.73 Å². The molecule has 0 aromatic heterocycles. The summed E-state index contributed by atoms with van der Waals surface area (Å²) in [5, 5.41) is -0.739. The largest absolute Gasteiger partial charge is 0.326 e. The summed E-state index contributed by atoms with van der Waals surface area (Å²) in [5.74, 6) is -0.946. The van der Waals surface area contributed by atoms with Gasteiger partial charge in [0.25, 0.3) is 0 Å². The van der Waals surface area contributed by atoms with E-state index in [4.69, 9.17) is 5.73 Å². The average Bonchev–Trinajstić information content (AvgIpc) is 2.88. The van der Waals surface area contributed by atoms with Gasteiger partial charge in [-0.05, 0) is 38.5 Å². The number of anilines is 1. The summed E-state index contributed by atoms with van der Waals surface area (Å²) < 4.78 is 65.7. The van der Waals surface area contributed by atoms with Crippen LogP contribution in [0, 0.1) is 5.82 Å². The predicted octanol–water partition coefficient (Wildman–Crippen LogP) is 0.697. The summed E-state index contributed by atoms with van der Waals surface area (Å²) in [7, 11) is -7.55. The van der Waals surface area contributed by atoms with Crippen molar-refractivity contribution in [3.05, 3.63) is 24.0 Å². The number of hydrogen-bond donors (Lipinski definition) is 2. The second-order valence-electron chi connectivity index (χ2n) is 5.75. The Morgan fingerprint density at radius 2 is 1.96 bits per heavy atom. The predicted molar refractivity (Wildman–Crippen MR) is 85.4 cm³/mol. The van der Waals surface area contributed by atoms with Gasteiger partial charge in [-0.25, -0.2) is 21.2 Å². The number of sulfonamides is 2. The van der Waals surface area contributed by atoms with Gasteiger partial charge < -0.3 is 5.73 Å². The molecule has 23 heavy (non-hydrogen) atoms. The van der Waals surface area contributed by atoms with Crippen LogP contribution in [-0.4, -0.2) is 45.5 Å². The second-order valence-corrected chi connectivity index (χ2v) is 9.92. The maximum Gasteiger partial charge on any atom is 0.243 e. The van der Waals surface area contributed by atoms with E-state index in [1.54, 1.807) is 0 Å². The molecule has 0 saturated carbocycles. The summed E-state index contributed by atoms with van der Waals surface area (Å²) >= 11 is 0. The molecular weight excluding hydrogens is 345 g/mol. The number of nitrogens with two attached hydrogens (primary N) is 1. The minimum Gasteiger partial charge on any atom is -0.326 e. The lowest BCUT2D eigenvalue weighted by Crippen LogP contribution is -2.32. The zero-order valence-electron chi connectivity index (χ0n) is 12.9. The molecule has 0 amide bonds. The number of nitrogens with one attached hydrogen (secondary N) is 1. The first-order valence-electron chi connectivity index (χ1n) is 7.11. The Balaban J connectivity index is 2.29. The molecule has 1 heterocycles. The first kappa shape index (κ1) is 18.1. The minimum absolute atomic E-state index is 0.186. The number of benzene rings is 1. The van der Waals surface area contributed by atoms with E-state index in [2.05, 4.69) is 4.72 Å². The zero-order valence-corrected chi connectivity index (χ0v) is 14.5. The van der Waals surface area contributed by atoms with Crippen LogP contribution in [0.1, 0.15) is 20.3 Å². The molecule has 130 valence electrons. The van der Waals surface area contributed by atoms with Gasteiger partial charge >= 0.3 is 0 Å². The van der Waals surface area contributed by atoms with Crippen LogP contribution >= 0.6 is 0 Å². The van der Waals surface area contributed by atoms with Crippen molar-refractivity contribution in [3.8, 4) is 0 Å². The van der Waals surface area contributed by atoms with Crippen molar-refractivity contribution in [1.82, 2.24) is 4.31 Å². The normalized spacial score (nSPS) is 20.1. The molecule has 2 rings (SSSR count). The first-order chi connectivity index (χ1) is 10.5. The Kier molecular flexibility index (Phi) is 5.00. The molecule has 3 N–H and O–H groups in total. The van der Waals surface area contributed by atoms with Crippen LogP contribution in [-0.2, 0) is 20.0 Å². The van der Waals surface area contributed by atoms with E-state index in [-0.39, 0.29) is 29.7 Å². The molecule has 1 fully saturated rings. The van der Waals surface area contributed by atoms with Gasteiger partial charge in [0.05, 0.1) is 15.8 Å². The number of rotatable bonds is 5. The fraction of sp³-hybridized carbons (Fsp3) is 0.538. The van der Waals surface area contributed by atoms with Gasteiger partial charge in [0.1, 0.15) is 5.82 Å². The molecule has 1 atom stereocenters. The Hall–Kier alpha value is -1.23. The standard InChI is InChI=1S/C13H20FN3O4S2/c1-9(2)22(18,19)16-13-4-3-11(7-12(13)14)23(20,21)17-6-5-10(15)8-17/h3-4,7,9-10,16H,5-6,8,15H2,1-2H3/t10-/m1/s1. The molecule has 0 bridgehead atoms. The van der Waals surface area contributed by atoms with Gasteiger partial charge in [0.15, 0.2) is 0 Å². The smallest absolute Gasteiger partial charge is 0.243 e. The first-order valence-corrected chi connectivity index (χ1v) is 10.1. The van der Waals surface area contributed by atoms with Gasteiger partial charge in [0, 0.05) is 19.1 Å². The van der Waals surface area contributed by atoms with Crippen LogP contribution in [0.3, 0.4) is 0 Å². The quantitative estimate of drug-likeness (QED) is 0.798. The summed E-state index contributed by atoms with van der Waals surface area (Å²) in [6, 6.07) is 2.88. The van der Waals surface area contributed by atoms with Crippen LogP contribution in [0.15, 0.2) is 23.1 Å². The molecule has 1 aliphatic heterocycles. The molecule has 1 aromatic rings. The molecule has 0 unspecified atom stereocenters. The highest BCUT2D eigenvalue weighted by Gasteiger charge is 2.31. The zero-order chi connectivity index (χ0) is 17.4. The Labute approximate surface area is 135 Å². The molecule has 1 aliphatic rings. The minimum atomic E-state index is -3.83. The third-order valence-electron chi connectivity index (χ3n) is 3.64. The molecule has 7 nitrogen and oxygen atoms in total. The fourth-order valence-corrected chi connectivity index (χ4v) is 4.36. The van der Waals surface area contributed by atoms with Gasteiger partial charge in [-0.1, -0.05) is 0 Å². The van der Waals surface area contributed by atoms with Crippen molar-refractivity contribution in [2.75, 3.05) is 17.8 Å². The lowest BCUT2D eigenvalue weighted by atomic mass is 10.3. The second kappa shape index (κ2) is 6.34. The highest BCUT2D eigenvalue weighted by Crippen LogP contribution is 2.25. The highest BCUT2D eigenvalue weighted by atomic mass is 32.2. The van der Waals surface area contributed by atoms with E-state index in [9.17, 15) is 21.2 Å². The lowest BCUT2D eigenvalue weighted by molar-refractivity contribution is 0.471. The number of halogens is 1. The Morgan fingerprint density at radius 3 is 2.43 bits per heavy atom. The average molecular weight is 365 g/mol. The maximum absolute atomic E-state index is 14.1. The molecule has 1 aromatic carbocycles. The van der Waals surface area contributed by atoms with Crippen molar-refractivity contribution in [1.29, 1.82) is 0 Å². The summed E-state index contributed by atoms with van der Waals surface area (Å²) in [6.07, 6.45) is 0.550. The van der Waals surface area contributed by atoms with Gasteiger partial charge in [-0.2, -0.15) is 4.31 Å². The summed E-state index contributed by atoms with van der Waals surface area (Å²) in [6.45, 7) is 3.38. The van der Waals surface area contributed by atoms with Gasteiger partial charge in [0.2, 0.25) is 20.0 Å². The SMILES string of the molecule is CC(C)S(=O)(=O)Nc1ccc(S(=O)(=O)N2CC[C@@H](N)C2)cc1F. The maximum atomic E-state index is 14.1. The highest BCUT2D eigenvalue weighted by molar-refractivity contribution is 7.93. The Morgan fingerprint density at radius 1 is 1.30 bits per heavy atom. The van der Waals surface area contributed by atoms with E-state index >= 15 is 0 Å². The third-order valence-corrected chi connectivity index (χ3v) is 7.25. The lowest BCUT2D eigenvalue weighted by Gasteiger charge is -2.17. The summed E-state index contributed by atoms with van der Waals surface area (Å²) in [5.41, 5.74) is 5.41. The van der Waals surface area contributed by atoms with E-state index in [0.717, 1.165) is 12.1 Å². The van der Waals surface area contributed by atoms with Gasteiger partial charge in [-0.15, -0.1) is 0 Å². The van der Waals surface area contributed by atoms with E-state index in [0.29, 0.717) is 6.42 Å².